The van der Waals surface area contributed by atoms with Gasteiger partial charge in [0.1, 0.15) is 47.0 Å². The number of carbonyl (C=O) groups is 12. The van der Waals surface area contributed by atoms with Gasteiger partial charge in [-0.3, -0.25) is 66.1 Å². The minimum absolute atomic E-state index is 0.0220. The summed E-state index contributed by atoms with van der Waals surface area (Å²) in [6.07, 6.45) is -7.86. The fourth-order valence-electron chi connectivity index (χ4n) is 11.1. The van der Waals surface area contributed by atoms with Crippen LogP contribution in [-0.2, 0) is 123 Å². The van der Waals surface area contributed by atoms with E-state index in [0.717, 1.165) is 50.2 Å². The molecule has 42 nitrogen and oxygen atoms in total. The smallest absolute Gasteiger partial charge is 0.475 e. The normalized spacial score (nSPS) is 22.6. The summed E-state index contributed by atoms with van der Waals surface area (Å²) in [6, 6.07) is 2.07. The van der Waals surface area contributed by atoms with Crippen molar-refractivity contribution in [2.24, 2.45) is 23.7 Å². The predicted octanol–water partition coefficient (Wildman–Crippen LogP) is 2.94. The Morgan fingerprint density at radius 2 is 0.869 bits per heavy atom. The Hall–Kier alpha value is -7.10. The number of halogens is 4. The summed E-state index contributed by atoms with van der Waals surface area (Å²) in [7, 11) is -10.2. The maximum atomic E-state index is 14.7. The number of ether oxygens (including phenoxy) is 8. The summed E-state index contributed by atoms with van der Waals surface area (Å²) in [5.74, 6) is -17.1. The van der Waals surface area contributed by atoms with Crippen molar-refractivity contribution in [2.75, 3.05) is 114 Å². The fourth-order valence-corrected chi connectivity index (χ4v) is 19.0. The SMILES string of the molecule is CCC(CSC1CCC1SCC(CC(=O)CCOCCC(C)=O)C(=O)NCCC(=O)OCC(=O)OCOP(=O)(O)OC[C@H]1O[C@@H](n2ccc(N)nc2=O)C(F)(F)[C@@H]1O)C(=O)O.CCC(CSC1CCC1SCC(CC(=O)CCOCCC(C)=O)C(=O)O)C(=O)NCCC(=O)OCC(=O)OCOP(=O)(O)OC[C@H]1O[C@@H](n2ccc(N)nc2=O)C(F)(F)[C@@H]1O. The molecule has 2 saturated heterocycles. The third-order valence-electron chi connectivity index (χ3n) is 18.6. The Labute approximate surface area is 712 Å². The number of aliphatic carboxylic acids is 2. The highest BCUT2D eigenvalue weighted by Crippen LogP contribution is 2.50. The number of esters is 4. The topological polar surface area (TPSA) is 617 Å². The van der Waals surface area contributed by atoms with Gasteiger partial charge in [0.2, 0.25) is 37.9 Å². The largest absolute Gasteiger partial charge is 0.481 e. The number of carboxylic acids is 2. The number of phosphoric ester groups is 2. The van der Waals surface area contributed by atoms with Crippen molar-refractivity contribution < 1.29 is 170 Å². The number of rotatable bonds is 58. The van der Waals surface area contributed by atoms with Crippen LogP contribution in [0.25, 0.3) is 0 Å². The van der Waals surface area contributed by atoms with E-state index in [1.165, 1.54) is 37.4 Å². The van der Waals surface area contributed by atoms with Crippen LogP contribution in [0, 0.1) is 23.7 Å². The third-order valence-corrected chi connectivity index (χ3v) is 27.1. The standard InChI is InChI=1S/2C35H51F2N4O17PS2/c1-3-21(32(48)49)17-60-25-4-5-26(25)61-18-22(14-23(43)9-13-53-12-8-20(2)42)31(47)39-10-6-28(44)54-16-29(45)55-19-57-59(51,52)56-15-24-30(46)35(36,37)33(58-24)41-11-7-27(38)40-34(41)50;1-3-21(17-60-25-4-5-26(25)61-18-22(32(48)49)14-23(43)9-13-53-12-8-20(2)42)31(47)39-10-6-28(44)54-16-29(45)55-19-57-59(51,52)56-15-24-30(46)35(36,37)33(58-24)41-11-7-27(38)40-34(41)50/h2*7,11,21-22,24-26,30,33,46H,3-6,8-10,12-19H2,1-2H3,(H,39,47)(H,48,49)(H,51,52)(H2,38,40,50)/t2*21?,22?,24-,25?,26?,30-,33-/m11/s1. The molecule has 2 aliphatic heterocycles. The number of alkyl halides is 4. The van der Waals surface area contributed by atoms with Crippen molar-refractivity contribution >= 4 is 145 Å². The molecule has 0 bridgehead atoms. The number of carbonyl (C=O) groups excluding carboxylic acids is 10. The summed E-state index contributed by atoms with van der Waals surface area (Å²) in [6.45, 7) is 0.193. The van der Waals surface area contributed by atoms with Crippen LogP contribution in [0.5, 0.6) is 0 Å². The van der Waals surface area contributed by atoms with Crippen LogP contribution in [-0.4, -0.2) is 280 Å². The van der Waals surface area contributed by atoms with Crippen molar-refractivity contribution in [3.05, 3.63) is 45.5 Å². The lowest BCUT2D eigenvalue weighted by atomic mass is 9.99. The highest BCUT2D eigenvalue weighted by molar-refractivity contribution is 8.04. The number of ketones is 4. The number of nitrogens with one attached hydrogen (secondary N) is 2. The molecule has 2 aromatic rings. The minimum Gasteiger partial charge on any atom is -0.481 e. The number of thioether (sulfide) groups is 4. The molecule has 122 heavy (non-hydrogen) atoms. The van der Waals surface area contributed by atoms with Crippen molar-refractivity contribution in [3.63, 3.8) is 0 Å². The van der Waals surface area contributed by atoms with Gasteiger partial charge in [-0.1, -0.05) is 13.8 Å². The number of hydrogen-bond donors (Lipinski definition) is 10. The van der Waals surface area contributed by atoms with Crippen LogP contribution in [0.2, 0.25) is 0 Å². The van der Waals surface area contributed by atoms with Gasteiger partial charge in [-0.2, -0.15) is 74.6 Å². The maximum absolute atomic E-state index is 14.7. The Morgan fingerprint density at radius 3 is 1.22 bits per heavy atom. The van der Waals surface area contributed by atoms with Gasteiger partial charge in [-0.25, -0.2) is 37.4 Å². The summed E-state index contributed by atoms with van der Waals surface area (Å²) in [5.41, 5.74) is 8.27. The molecular weight excluding hydrogens is 1760 g/mol. The van der Waals surface area contributed by atoms with Crippen LogP contribution in [0.1, 0.15) is 130 Å². The number of phosphoric acid groups is 2. The highest BCUT2D eigenvalue weighted by atomic mass is 32.2. The molecule has 16 atom stereocenters. The van der Waals surface area contributed by atoms with E-state index in [9.17, 15) is 124 Å². The first-order valence-corrected chi connectivity index (χ1v) is 45.3. The molecule has 2 saturated carbocycles. The molecule has 2 amide bonds. The monoisotopic (exact) mass is 1860 g/mol. The number of aromatic nitrogens is 4. The molecule has 2 aromatic heterocycles. The quantitative estimate of drug-likeness (QED) is 0.0114. The highest BCUT2D eigenvalue weighted by Gasteiger charge is 2.61. The van der Waals surface area contributed by atoms with E-state index in [1.807, 2.05) is 13.8 Å². The number of nitrogen functional groups attached to an aromatic ring is 2. The Balaban J connectivity index is 0.000000434. The van der Waals surface area contributed by atoms with Gasteiger partial charge in [0.05, 0.1) is 70.2 Å². The number of aliphatic hydroxyl groups excluding tert-OH is 2. The van der Waals surface area contributed by atoms with E-state index in [4.69, 9.17) is 39.9 Å². The third kappa shape index (κ3) is 36.5. The molecule has 688 valence electrons. The second-order valence-electron chi connectivity index (χ2n) is 27.9. The summed E-state index contributed by atoms with van der Waals surface area (Å²) in [5, 5.41) is 45.0. The van der Waals surface area contributed by atoms with Crippen molar-refractivity contribution in [2.45, 2.75) is 187 Å². The van der Waals surface area contributed by atoms with Crippen molar-refractivity contribution in [1.82, 2.24) is 29.7 Å². The minimum atomic E-state index is -5.11. The lowest BCUT2D eigenvalue weighted by Gasteiger charge is -2.36. The molecule has 2 aliphatic carbocycles. The molecule has 4 aliphatic rings. The van der Waals surface area contributed by atoms with E-state index < -0.39 is 182 Å². The predicted molar refractivity (Wildman–Crippen MR) is 422 cm³/mol. The average Bonchev–Trinajstić information content (AvgIpc) is 1.62. The first-order chi connectivity index (χ1) is 57.5. The molecule has 52 heteroatoms. The number of aliphatic hydroxyl groups is 2. The Bertz CT molecular complexity index is 4090. The molecule has 4 heterocycles. The zero-order valence-electron chi connectivity index (χ0n) is 66.7. The van der Waals surface area contributed by atoms with E-state index in [1.54, 1.807) is 23.5 Å². The van der Waals surface area contributed by atoms with Gasteiger partial charge < -0.3 is 90.2 Å². The number of hydrogen-bond acceptors (Lipinski definition) is 38. The van der Waals surface area contributed by atoms with Gasteiger partial charge in [-0.05, 0) is 64.5 Å². The van der Waals surface area contributed by atoms with Gasteiger partial charge in [0.15, 0.2) is 25.4 Å². The molecule has 4 fully saturated rings. The van der Waals surface area contributed by atoms with E-state index >= 15 is 0 Å². The van der Waals surface area contributed by atoms with Crippen molar-refractivity contribution in [1.29, 1.82) is 0 Å². The van der Waals surface area contributed by atoms with E-state index in [2.05, 4.69) is 48.2 Å². The zero-order chi connectivity index (χ0) is 90.7. The fraction of sp³-hybridized carbons (Fsp3) is 0.714. The Kier molecular flexibility index (Phi) is 45.0. The number of amides is 2. The van der Waals surface area contributed by atoms with E-state index in [-0.39, 0.29) is 164 Å². The lowest BCUT2D eigenvalue weighted by molar-refractivity contribution is -0.163. The molecule has 6 rings (SSSR count). The first kappa shape index (κ1) is 105. The molecule has 0 aromatic carbocycles. The molecular formula is C70H102F4N8O34P2S4. The number of anilines is 2. The zero-order valence-corrected chi connectivity index (χ0v) is 71.8. The molecule has 10 unspecified atom stereocenters. The number of nitrogens with zero attached hydrogens (tertiary/aromatic N) is 4. The van der Waals surface area contributed by atoms with Gasteiger partial charge in [-0.15, -0.1) is 0 Å². The second kappa shape index (κ2) is 52.1. The lowest BCUT2D eigenvalue weighted by Crippen LogP contribution is -2.41. The molecule has 0 radical (unpaired) electrons. The van der Waals surface area contributed by atoms with Crippen LogP contribution in [0.4, 0.5) is 29.2 Å². The van der Waals surface area contributed by atoms with Gasteiger partial charge in [0, 0.05) is 114 Å². The van der Waals surface area contributed by atoms with Crippen LogP contribution < -0.4 is 33.5 Å². The Morgan fingerprint density at radius 1 is 0.525 bits per heavy atom. The van der Waals surface area contributed by atoms with Gasteiger partial charge in [0.25, 0.3) is 0 Å². The molecule has 12 N–H and O–H groups in total. The van der Waals surface area contributed by atoms with Crippen LogP contribution in [0.3, 0.4) is 0 Å². The number of Topliss-reactive ketones (excluding diaryl/α,β-unsaturated/α-hetero) is 4. The molecule has 0 spiro atoms. The first-order valence-electron chi connectivity index (χ1n) is 38.1. The average molecular weight is 1870 g/mol. The van der Waals surface area contributed by atoms with Gasteiger partial charge >= 0.3 is 74.7 Å². The van der Waals surface area contributed by atoms with Crippen molar-refractivity contribution in [3.8, 4) is 0 Å². The summed E-state index contributed by atoms with van der Waals surface area (Å²) >= 11 is 6.20. The number of nitrogens with two attached hydrogens (primary N) is 2. The van der Waals surface area contributed by atoms with E-state index in [0.29, 0.717) is 33.5 Å². The van der Waals surface area contributed by atoms with Crippen LogP contribution >= 0.6 is 62.7 Å². The number of carboxylic acid groups (broad SMARTS) is 2. The summed E-state index contributed by atoms with van der Waals surface area (Å²) < 4.78 is 141. The summed E-state index contributed by atoms with van der Waals surface area (Å²) in [4.78, 5) is 195. The maximum Gasteiger partial charge on any atom is 0.475 e. The van der Waals surface area contributed by atoms with Crippen LogP contribution in [0.15, 0.2) is 34.1 Å². The second-order valence-corrected chi connectivity index (χ2v) is 35.9.